The lowest BCUT2D eigenvalue weighted by Crippen LogP contribution is -2.43. The number of nitrogens with zero attached hydrogens (tertiary/aromatic N) is 1. The summed E-state index contributed by atoms with van der Waals surface area (Å²) >= 11 is 0. The zero-order valence-corrected chi connectivity index (χ0v) is 10.4. The second-order valence-corrected chi connectivity index (χ2v) is 5.67. The molecule has 2 aliphatic rings. The van der Waals surface area contributed by atoms with Crippen LogP contribution in [0.25, 0.3) is 0 Å². The van der Waals surface area contributed by atoms with E-state index < -0.39 is 12.0 Å². The summed E-state index contributed by atoms with van der Waals surface area (Å²) in [5.74, 6) is -2.88. The lowest BCUT2D eigenvalue weighted by atomic mass is 9.87. The van der Waals surface area contributed by atoms with E-state index >= 15 is 0 Å². The van der Waals surface area contributed by atoms with Crippen molar-refractivity contribution in [1.29, 1.82) is 0 Å². The van der Waals surface area contributed by atoms with Crippen molar-refractivity contribution < 1.29 is 13.6 Å². The van der Waals surface area contributed by atoms with Gasteiger partial charge in [0.1, 0.15) is 0 Å². The molecular weight excluding hydrogens is 226 g/mol. The summed E-state index contributed by atoms with van der Waals surface area (Å²) < 4.78 is 26.1. The molecule has 0 aliphatic carbocycles. The van der Waals surface area contributed by atoms with Gasteiger partial charge in [-0.1, -0.05) is 13.8 Å². The third kappa shape index (κ3) is 2.59. The maximum atomic E-state index is 13.0. The fraction of sp³-hybridized carbons (Fsp3) is 0.917. The van der Waals surface area contributed by atoms with Crippen molar-refractivity contribution in [2.45, 2.75) is 45.1 Å². The molecule has 2 atom stereocenters. The molecule has 1 N–H and O–H groups in total. The van der Waals surface area contributed by atoms with Crippen molar-refractivity contribution in [2.75, 3.05) is 19.6 Å². The topological polar surface area (TPSA) is 32.3 Å². The number of amides is 1. The second-order valence-electron chi connectivity index (χ2n) is 5.67. The standard InChI is InChI=1S/C12H20F2N2O/c1-3-11(2)4-5-16(8-11)10(17)9-6-12(13,14)7-15-9/h9,15H,3-8H2,1-2H3. The summed E-state index contributed by atoms with van der Waals surface area (Å²) in [6.07, 6.45) is 1.63. The number of halogens is 2. The molecular formula is C12H20F2N2O. The van der Waals surface area contributed by atoms with E-state index in [2.05, 4.69) is 19.2 Å². The van der Waals surface area contributed by atoms with Gasteiger partial charge in [0, 0.05) is 19.5 Å². The number of likely N-dealkylation sites (tertiary alicyclic amines) is 1. The first-order valence-electron chi connectivity index (χ1n) is 6.25. The number of hydrogen-bond acceptors (Lipinski definition) is 2. The molecule has 0 spiro atoms. The Morgan fingerprint density at radius 1 is 1.53 bits per heavy atom. The molecule has 2 aliphatic heterocycles. The second kappa shape index (κ2) is 4.19. The maximum Gasteiger partial charge on any atom is 0.262 e. The van der Waals surface area contributed by atoms with Crippen LogP contribution >= 0.6 is 0 Å². The van der Waals surface area contributed by atoms with Crippen molar-refractivity contribution in [1.82, 2.24) is 10.2 Å². The molecule has 17 heavy (non-hydrogen) atoms. The van der Waals surface area contributed by atoms with Gasteiger partial charge >= 0.3 is 0 Å². The summed E-state index contributed by atoms with van der Waals surface area (Å²) in [4.78, 5) is 13.8. The van der Waals surface area contributed by atoms with Crippen LogP contribution in [-0.2, 0) is 4.79 Å². The summed E-state index contributed by atoms with van der Waals surface area (Å²) in [5, 5.41) is 2.63. The van der Waals surface area contributed by atoms with Gasteiger partial charge in [-0.3, -0.25) is 10.1 Å². The molecule has 0 saturated carbocycles. The smallest absolute Gasteiger partial charge is 0.262 e. The van der Waals surface area contributed by atoms with Crippen LogP contribution in [-0.4, -0.2) is 42.4 Å². The Hall–Kier alpha value is -0.710. The number of alkyl halides is 2. The number of carbonyl (C=O) groups excluding carboxylic acids is 1. The van der Waals surface area contributed by atoms with Gasteiger partial charge in [0.25, 0.3) is 5.92 Å². The summed E-state index contributed by atoms with van der Waals surface area (Å²) in [6.45, 7) is 5.29. The predicted molar refractivity (Wildman–Crippen MR) is 60.9 cm³/mol. The number of nitrogens with one attached hydrogen (secondary N) is 1. The Morgan fingerprint density at radius 2 is 2.24 bits per heavy atom. The highest BCUT2D eigenvalue weighted by atomic mass is 19.3. The van der Waals surface area contributed by atoms with Crippen LogP contribution < -0.4 is 5.32 Å². The third-order valence-corrected chi connectivity index (χ3v) is 4.13. The van der Waals surface area contributed by atoms with Crippen molar-refractivity contribution >= 4 is 5.91 Å². The molecule has 5 heteroatoms. The molecule has 2 saturated heterocycles. The first kappa shape index (κ1) is 12.7. The van der Waals surface area contributed by atoms with Gasteiger partial charge in [-0.25, -0.2) is 8.78 Å². The van der Waals surface area contributed by atoms with Crippen LogP contribution in [0.4, 0.5) is 8.78 Å². The van der Waals surface area contributed by atoms with Crippen LogP contribution in [0.1, 0.15) is 33.1 Å². The minimum absolute atomic E-state index is 0.153. The van der Waals surface area contributed by atoms with Gasteiger partial charge in [-0.15, -0.1) is 0 Å². The predicted octanol–water partition coefficient (Wildman–Crippen LogP) is 1.63. The van der Waals surface area contributed by atoms with Gasteiger partial charge in [0.15, 0.2) is 0 Å². The molecule has 98 valence electrons. The average molecular weight is 246 g/mol. The van der Waals surface area contributed by atoms with Crippen LogP contribution in [0.3, 0.4) is 0 Å². The van der Waals surface area contributed by atoms with Crippen molar-refractivity contribution in [3.05, 3.63) is 0 Å². The fourth-order valence-corrected chi connectivity index (χ4v) is 2.61. The molecule has 2 heterocycles. The van der Waals surface area contributed by atoms with Crippen LogP contribution in [0.2, 0.25) is 0 Å². The minimum atomic E-state index is -2.73. The molecule has 2 rings (SSSR count). The van der Waals surface area contributed by atoms with Crippen molar-refractivity contribution in [3.8, 4) is 0 Å². The van der Waals surface area contributed by atoms with Gasteiger partial charge in [-0.05, 0) is 18.3 Å². The largest absolute Gasteiger partial charge is 0.341 e. The quantitative estimate of drug-likeness (QED) is 0.803. The first-order valence-corrected chi connectivity index (χ1v) is 6.25. The first-order chi connectivity index (χ1) is 7.85. The lowest BCUT2D eigenvalue weighted by molar-refractivity contribution is -0.133. The van der Waals surface area contributed by atoms with Gasteiger partial charge in [-0.2, -0.15) is 0 Å². The Balaban J connectivity index is 1.94. The molecule has 3 nitrogen and oxygen atoms in total. The Kier molecular flexibility index (Phi) is 3.14. The molecule has 0 aromatic heterocycles. The fourth-order valence-electron chi connectivity index (χ4n) is 2.61. The summed E-state index contributed by atoms with van der Waals surface area (Å²) in [6, 6.07) is -0.691. The summed E-state index contributed by atoms with van der Waals surface area (Å²) in [7, 11) is 0. The van der Waals surface area contributed by atoms with Gasteiger partial charge in [0.2, 0.25) is 5.91 Å². The van der Waals surface area contributed by atoms with Gasteiger partial charge in [0.05, 0.1) is 12.6 Å². The molecule has 1 amide bonds. The van der Waals surface area contributed by atoms with E-state index in [0.717, 1.165) is 12.8 Å². The Morgan fingerprint density at radius 3 is 2.71 bits per heavy atom. The lowest BCUT2D eigenvalue weighted by Gasteiger charge is -2.24. The van der Waals surface area contributed by atoms with Crippen LogP contribution in [0.5, 0.6) is 0 Å². The highest BCUT2D eigenvalue weighted by Crippen LogP contribution is 2.34. The van der Waals surface area contributed by atoms with E-state index in [1.54, 1.807) is 4.90 Å². The van der Waals surface area contributed by atoms with E-state index in [0.29, 0.717) is 13.1 Å². The zero-order valence-electron chi connectivity index (χ0n) is 10.4. The number of rotatable bonds is 2. The highest BCUT2D eigenvalue weighted by molar-refractivity contribution is 5.82. The minimum Gasteiger partial charge on any atom is -0.341 e. The molecule has 2 unspecified atom stereocenters. The summed E-state index contributed by atoms with van der Waals surface area (Å²) in [5.41, 5.74) is 0.163. The Labute approximate surface area is 101 Å². The number of hydrogen-bond donors (Lipinski definition) is 1. The van der Waals surface area contributed by atoms with Crippen molar-refractivity contribution in [2.24, 2.45) is 5.41 Å². The molecule has 0 bridgehead atoms. The van der Waals surface area contributed by atoms with E-state index in [-0.39, 0.29) is 24.3 Å². The van der Waals surface area contributed by atoms with E-state index in [9.17, 15) is 13.6 Å². The SMILES string of the molecule is CCC1(C)CCN(C(=O)C2CC(F)(F)CN2)C1. The third-order valence-electron chi connectivity index (χ3n) is 4.13. The molecule has 2 fully saturated rings. The van der Waals surface area contributed by atoms with E-state index in [4.69, 9.17) is 0 Å². The monoisotopic (exact) mass is 246 g/mol. The molecule has 0 aromatic carbocycles. The van der Waals surface area contributed by atoms with Crippen molar-refractivity contribution in [3.63, 3.8) is 0 Å². The van der Waals surface area contributed by atoms with E-state index in [1.165, 1.54) is 0 Å². The molecule has 0 aromatic rings. The van der Waals surface area contributed by atoms with E-state index in [1.807, 2.05) is 0 Å². The highest BCUT2D eigenvalue weighted by Gasteiger charge is 2.45. The maximum absolute atomic E-state index is 13.0. The Bertz CT molecular complexity index is 322. The number of carbonyl (C=O) groups is 1. The van der Waals surface area contributed by atoms with Gasteiger partial charge < -0.3 is 4.90 Å². The van der Waals surface area contributed by atoms with Crippen LogP contribution in [0.15, 0.2) is 0 Å². The molecule has 0 radical (unpaired) electrons. The zero-order chi connectivity index (χ0) is 12.7. The average Bonchev–Trinajstić information content (AvgIpc) is 2.82. The van der Waals surface area contributed by atoms with Crippen LogP contribution in [0, 0.1) is 5.41 Å². The normalized spacial score (nSPS) is 36.5.